The molecule has 1 amide bonds. The summed E-state index contributed by atoms with van der Waals surface area (Å²) < 4.78 is 0. The van der Waals surface area contributed by atoms with E-state index in [1.165, 1.54) is 6.07 Å². The molecule has 1 saturated heterocycles. The van der Waals surface area contributed by atoms with Crippen molar-refractivity contribution in [2.75, 3.05) is 25.0 Å². The highest BCUT2D eigenvalue weighted by molar-refractivity contribution is 5.89. The smallest absolute Gasteiger partial charge is 0.292 e. The maximum Gasteiger partial charge on any atom is 0.292 e. The van der Waals surface area contributed by atoms with Gasteiger partial charge in [-0.3, -0.25) is 14.9 Å². The first kappa shape index (κ1) is 21.3. The first-order chi connectivity index (χ1) is 14.4. The Balaban J connectivity index is 1.97. The fourth-order valence-electron chi connectivity index (χ4n) is 4.01. The summed E-state index contributed by atoms with van der Waals surface area (Å²) in [7, 11) is 1.80. The van der Waals surface area contributed by atoms with E-state index in [1.54, 1.807) is 31.0 Å². The third-order valence-corrected chi connectivity index (χ3v) is 5.78. The molecule has 7 nitrogen and oxygen atoms in total. The van der Waals surface area contributed by atoms with E-state index in [0.29, 0.717) is 30.9 Å². The lowest BCUT2D eigenvalue weighted by atomic mass is 9.78. The average Bonchev–Trinajstić information content (AvgIpc) is 3.28. The van der Waals surface area contributed by atoms with E-state index in [1.807, 2.05) is 35.2 Å². The maximum absolute atomic E-state index is 13.2. The minimum absolute atomic E-state index is 0.0291. The molecule has 1 aliphatic rings. The van der Waals surface area contributed by atoms with E-state index in [-0.39, 0.29) is 18.0 Å². The van der Waals surface area contributed by atoms with Crippen molar-refractivity contribution in [3.05, 3.63) is 69.8 Å². The molecule has 1 fully saturated rings. The minimum atomic E-state index is -1.11. The van der Waals surface area contributed by atoms with E-state index in [2.05, 4.69) is 6.07 Å². The number of benzene rings is 2. The lowest BCUT2D eigenvalue weighted by Gasteiger charge is -2.31. The second-order valence-electron chi connectivity index (χ2n) is 7.97. The summed E-state index contributed by atoms with van der Waals surface area (Å²) in [4.78, 5) is 28.2. The first-order valence-electron chi connectivity index (χ1n) is 10.1. The van der Waals surface area contributed by atoms with Gasteiger partial charge in [-0.15, -0.1) is 0 Å². The van der Waals surface area contributed by atoms with Crippen molar-refractivity contribution >= 4 is 17.3 Å². The molecule has 0 N–H and O–H groups in total. The predicted octanol–water partition coefficient (Wildman–Crippen LogP) is 4.02. The molecule has 0 aliphatic carbocycles. The monoisotopic (exact) mass is 406 g/mol. The Bertz CT molecular complexity index is 964. The van der Waals surface area contributed by atoms with Crippen molar-refractivity contribution in [2.45, 2.75) is 38.1 Å². The molecule has 0 aromatic heterocycles. The number of likely N-dealkylation sites (tertiary alicyclic amines) is 1. The van der Waals surface area contributed by atoms with Crippen molar-refractivity contribution in [2.24, 2.45) is 0 Å². The zero-order valence-electron chi connectivity index (χ0n) is 17.4. The van der Waals surface area contributed by atoms with Crippen LogP contribution >= 0.6 is 0 Å². The number of nitro benzene ring substituents is 1. The van der Waals surface area contributed by atoms with Gasteiger partial charge in [-0.05, 0) is 37.0 Å². The highest BCUT2D eigenvalue weighted by atomic mass is 16.6. The fraction of sp³-hybridized carbons (Fsp3) is 0.391. The lowest BCUT2D eigenvalue weighted by Crippen LogP contribution is -2.43. The van der Waals surface area contributed by atoms with E-state index in [0.717, 1.165) is 18.4 Å². The van der Waals surface area contributed by atoms with Crippen LogP contribution in [0.2, 0.25) is 0 Å². The number of carbonyl (C=O) groups is 1. The third kappa shape index (κ3) is 4.28. The van der Waals surface area contributed by atoms with E-state index in [9.17, 15) is 20.2 Å². The van der Waals surface area contributed by atoms with Gasteiger partial charge in [0.15, 0.2) is 0 Å². The number of anilines is 1. The van der Waals surface area contributed by atoms with Gasteiger partial charge >= 0.3 is 0 Å². The molecule has 1 heterocycles. The molecule has 1 atom stereocenters. The standard InChI is InChI=1S/C23H26N4O3/c1-23(12-13-24,22(28)26-14-6-7-15-26)19-10-11-20(21(16-19)27(29)30)25(2)17-18-8-4-3-5-9-18/h3-5,8-11,16H,6-7,12,14-15,17H2,1-2H3. The van der Waals surface area contributed by atoms with Gasteiger partial charge in [-0.25, -0.2) is 0 Å². The Morgan fingerprint density at radius 1 is 1.23 bits per heavy atom. The maximum atomic E-state index is 13.2. The first-order valence-corrected chi connectivity index (χ1v) is 10.1. The van der Waals surface area contributed by atoms with E-state index >= 15 is 0 Å². The SMILES string of the molecule is CN(Cc1ccccc1)c1ccc(C(C)(CC#N)C(=O)N2CCCC2)cc1[N+](=O)[O-]. The molecule has 7 heteroatoms. The Kier molecular flexibility index (Phi) is 6.36. The van der Waals surface area contributed by atoms with Crippen LogP contribution in [0.15, 0.2) is 48.5 Å². The van der Waals surface area contributed by atoms with Crippen LogP contribution in [0.25, 0.3) is 0 Å². The zero-order valence-corrected chi connectivity index (χ0v) is 17.4. The van der Waals surface area contributed by atoms with Gasteiger partial charge in [0.25, 0.3) is 5.69 Å². The molecule has 0 bridgehead atoms. The van der Waals surface area contributed by atoms with E-state index in [4.69, 9.17) is 0 Å². The number of nitrogens with zero attached hydrogens (tertiary/aromatic N) is 4. The average molecular weight is 406 g/mol. The molecule has 2 aromatic rings. The number of amides is 1. The third-order valence-electron chi connectivity index (χ3n) is 5.78. The molecule has 156 valence electrons. The Hall–Kier alpha value is -3.40. The molecule has 0 spiro atoms. The molecule has 0 saturated carbocycles. The molecule has 2 aromatic carbocycles. The molecular formula is C23H26N4O3. The van der Waals surface area contributed by atoms with Crippen molar-refractivity contribution in [3.63, 3.8) is 0 Å². The second-order valence-corrected chi connectivity index (χ2v) is 7.97. The van der Waals surface area contributed by atoms with Crippen LogP contribution in [0, 0.1) is 21.4 Å². The van der Waals surface area contributed by atoms with Crippen LogP contribution in [-0.4, -0.2) is 35.9 Å². The van der Waals surface area contributed by atoms with Gasteiger partial charge in [-0.1, -0.05) is 36.4 Å². The fourth-order valence-corrected chi connectivity index (χ4v) is 4.01. The largest absolute Gasteiger partial charge is 0.365 e. The summed E-state index contributed by atoms with van der Waals surface area (Å²) in [5, 5.41) is 21.2. The lowest BCUT2D eigenvalue weighted by molar-refractivity contribution is -0.384. The quantitative estimate of drug-likeness (QED) is 0.511. The summed E-state index contributed by atoms with van der Waals surface area (Å²) in [6.45, 7) is 3.56. The Morgan fingerprint density at radius 2 is 1.90 bits per heavy atom. The normalized spacial score (nSPS) is 15.3. The van der Waals surface area contributed by atoms with Gasteiger partial charge in [-0.2, -0.15) is 5.26 Å². The molecule has 0 radical (unpaired) electrons. The zero-order chi connectivity index (χ0) is 21.7. The summed E-state index contributed by atoms with van der Waals surface area (Å²) in [5.41, 5.74) is 0.840. The van der Waals surface area contributed by atoms with Crippen LogP contribution in [0.3, 0.4) is 0 Å². The summed E-state index contributed by atoms with van der Waals surface area (Å²) in [5.74, 6) is -0.138. The number of rotatable bonds is 7. The summed E-state index contributed by atoms with van der Waals surface area (Å²) in [6.07, 6.45) is 1.86. The molecule has 1 aliphatic heterocycles. The van der Waals surface area contributed by atoms with Crippen molar-refractivity contribution in [3.8, 4) is 6.07 Å². The van der Waals surface area contributed by atoms with Crippen LogP contribution in [0.5, 0.6) is 0 Å². The number of nitriles is 1. The van der Waals surface area contributed by atoms with Gasteiger partial charge in [0.05, 0.1) is 22.8 Å². The van der Waals surface area contributed by atoms with Crippen LogP contribution in [-0.2, 0) is 16.8 Å². The molecular weight excluding hydrogens is 380 g/mol. The number of nitro groups is 1. The van der Waals surface area contributed by atoms with Gasteiger partial charge in [0.2, 0.25) is 5.91 Å². The topological polar surface area (TPSA) is 90.5 Å². The number of carbonyl (C=O) groups excluding carboxylic acids is 1. The van der Waals surface area contributed by atoms with Gasteiger partial charge in [0, 0.05) is 32.7 Å². The summed E-state index contributed by atoms with van der Waals surface area (Å²) >= 11 is 0. The molecule has 3 rings (SSSR count). The molecule has 30 heavy (non-hydrogen) atoms. The van der Waals surface area contributed by atoms with Gasteiger partial charge in [0.1, 0.15) is 5.69 Å². The van der Waals surface area contributed by atoms with Crippen LogP contribution in [0.4, 0.5) is 11.4 Å². The van der Waals surface area contributed by atoms with Crippen molar-refractivity contribution < 1.29 is 9.72 Å². The Labute approximate surface area is 176 Å². The van der Waals surface area contributed by atoms with Crippen LogP contribution in [0.1, 0.15) is 37.3 Å². The molecule has 1 unspecified atom stereocenters. The highest BCUT2D eigenvalue weighted by Gasteiger charge is 2.40. The van der Waals surface area contributed by atoms with Crippen molar-refractivity contribution in [1.29, 1.82) is 5.26 Å². The minimum Gasteiger partial charge on any atom is -0.365 e. The van der Waals surface area contributed by atoms with Crippen LogP contribution < -0.4 is 4.90 Å². The number of hydrogen-bond donors (Lipinski definition) is 0. The highest BCUT2D eigenvalue weighted by Crippen LogP contribution is 2.37. The number of hydrogen-bond acceptors (Lipinski definition) is 5. The predicted molar refractivity (Wildman–Crippen MR) is 115 cm³/mol. The van der Waals surface area contributed by atoms with E-state index < -0.39 is 10.3 Å². The van der Waals surface area contributed by atoms with Crippen molar-refractivity contribution in [1.82, 2.24) is 4.90 Å². The van der Waals surface area contributed by atoms with Gasteiger partial charge < -0.3 is 9.80 Å². The second kappa shape index (κ2) is 8.95. The summed E-state index contributed by atoms with van der Waals surface area (Å²) in [6, 6.07) is 16.7. The Morgan fingerprint density at radius 3 is 2.50 bits per heavy atom.